The fourth-order valence-electron chi connectivity index (χ4n) is 1.55. The first-order valence-corrected chi connectivity index (χ1v) is 7.75. The third-order valence-corrected chi connectivity index (χ3v) is 3.36. The van der Waals surface area contributed by atoms with Crippen molar-refractivity contribution in [3.8, 4) is 0 Å². The van der Waals surface area contributed by atoms with E-state index in [9.17, 15) is 66.7 Å². The van der Waals surface area contributed by atoms with Crippen LogP contribution in [-0.4, -0.2) is 60.1 Å². The molecule has 0 aromatic heterocycles. The molecule has 0 radical (unpaired) electrons. The van der Waals surface area contributed by atoms with E-state index in [4.69, 9.17) is 0 Å². The zero-order valence-corrected chi connectivity index (χ0v) is 15.6. The number of carbonyl (C=O) groups excluding carboxylic acids is 2. The van der Waals surface area contributed by atoms with Crippen molar-refractivity contribution in [3.05, 3.63) is 12.7 Å². The van der Waals surface area contributed by atoms with E-state index < -0.39 is 66.6 Å². The minimum Gasteiger partial charge on any atom is -0.438 e. The second-order valence-electron chi connectivity index (χ2n) is 5.45. The van der Waals surface area contributed by atoms with E-state index >= 15 is 0 Å². The Kier molecular flexibility index (Phi) is 8.95. The molecular formula is C13H9F13O5S. The molecule has 0 rings (SSSR count). The molecule has 0 heterocycles. The Morgan fingerprint density at radius 3 is 1.62 bits per heavy atom. The summed E-state index contributed by atoms with van der Waals surface area (Å²) < 4.78 is 176. The van der Waals surface area contributed by atoms with Crippen LogP contribution in [0.4, 0.5) is 57.1 Å². The third kappa shape index (κ3) is 7.31. The molecule has 0 aliphatic rings. The van der Waals surface area contributed by atoms with E-state index in [1.807, 2.05) is 0 Å². The fourth-order valence-corrected chi connectivity index (χ4v) is 1.66. The van der Waals surface area contributed by atoms with Gasteiger partial charge in [0, 0.05) is 12.5 Å². The molecule has 0 aliphatic heterocycles. The summed E-state index contributed by atoms with van der Waals surface area (Å²) in [6.07, 6.45) is -27.5. The molecule has 0 aliphatic carbocycles. The molecule has 0 aromatic carbocycles. The van der Waals surface area contributed by atoms with E-state index in [2.05, 4.69) is 33.4 Å². The second-order valence-corrected chi connectivity index (χ2v) is 6.01. The highest BCUT2D eigenvalue weighted by atomic mass is 32.1. The number of hydrogen-bond donors (Lipinski definition) is 1. The molecule has 0 saturated carbocycles. The summed E-state index contributed by atoms with van der Waals surface area (Å²) in [5.41, 5.74) is 0. The number of carbonyl (C=O) groups is 2. The van der Waals surface area contributed by atoms with Crippen LogP contribution in [-0.2, 0) is 23.8 Å². The molecule has 0 N–H and O–H groups in total. The lowest BCUT2D eigenvalue weighted by Crippen LogP contribution is -2.60. The van der Waals surface area contributed by atoms with Crippen LogP contribution in [0.3, 0.4) is 0 Å². The van der Waals surface area contributed by atoms with Gasteiger partial charge in [0.25, 0.3) is 6.10 Å². The van der Waals surface area contributed by atoms with Gasteiger partial charge >= 0.3 is 47.4 Å². The highest BCUT2D eigenvalue weighted by Crippen LogP contribution is 2.43. The van der Waals surface area contributed by atoms with Gasteiger partial charge in [-0.25, -0.2) is 9.59 Å². The van der Waals surface area contributed by atoms with Gasteiger partial charge in [-0.1, -0.05) is 19.2 Å². The molecule has 0 saturated heterocycles. The molecule has 188 valence electrons. The average Bonchev–Trinajstić information content (AvgIpc) is 2.53. The predicted molar refractivity (Wildman–Crippen MR) is 76.5 cm³/mol. The van der Waals surface area contributed by atoms with Gasteiger partial charge in [0.15, 0.2) is 0 Å². The summed E-state index contributed by atoms with van der Waals surface area (Å²) >= 11 is 2.16. The molecule has 0 spiro atoms. The Labute approximate surface area is 173 Å². The lowest BCUT2D eigenvalue weighted by Gasteiger charge is -2.34. The van der Waals surface area contributed by atoms with Crippen LogP contribution in [0.2, 0.25) is 0 Å². The van der Waals surface area contributed by atoms with Crippen LogP contribution >= 0.6 is 12.6 Å². The van der Waals surface area contributed by atoms with Crippen LogP contribution in [0.1, 0.15) is 6.42 Å². The number of hydrogen-bond acceptors (Lipinski definition) is 6. The van der Waals surface area contributed by atoms with Crippen LogP contribution in [0, 0.1) is 0 Å². The van der Waals surface area contributed by atoms with E-state index in [-0.39, 0.29) is 6.08 Å². The number of ether oxygens (including phenoxy) is 3. The van der Waals surface area contributed by atoms with Crippen molar-refractivity contribution in [1.82, 2.24) is 0 Å². The number of alkyl halides is 13. The Balaban J connectivity index is 6.28. The van der Waals surface area contributed by atoms with Crippen molar-refractivity contribution < 1.29 is 80.9 Å². The molecule has 0 aromatic rings. The normalized spacial score (nSPS) is 15.8. The summed E-state index contributed by atoms with van der Waals surface area (Å²) in [7, 11) is 0. The minimum absolute atomic E-state index is 0.182. The van der Waals surface area contributed by atoms with Gasteiger partial charge in [-0.05, 0) is 0 Å². The van der Waals surface area contributed by atoms with Crippen LogP contribution in [0.15, 0.2) is 12.7 Å². The van der Waals surface area contributed by atoms with Crippen LogP contribution in [0.5, 0.6) is 0 Å². The van der Waals surface area contributed by atoms with Crippen LogP contribution in [0.25, 0.3) is 0 Å². The van der Waals surface area contributed by atoms with Crippen molar-refractivity contribution in [2.45, 2.75) is 48.0 Å². The number of thiol groups is 1. The number of esters is 2. The van der Waals surface area contributed by atoms with Crippen molar-refractivity contribution in [2.75, 3.05) is 6.61 Å². The van der Waals surface area contributed by atoms with Crippen molar-refractivity contribution >= 4 is 24.6 Å². The summed E-state index contributed by atoms with van der Waals surface area (Å²) in [5.74, 6) is -16.8. The first-order valence-electron chi connectivity index (χ1n) is 7.31. The van der Waals surface area contributed by atoms with E-state index in [0.29, 0.717) is 0 Å². The Bertz CT molecular complexity index is 680. The molecule has 32 heavy (non-hydrogen) atoms. The second kappa shape index (κ2) is 9.52. The number of halogens is 13. The summed E-state index contributed by atoms with van der Waals surface area (Å²) in [5, 5.41) is -5.19. The van der Waals surface area contributed by atoms with Crippen molar-refractivity contribution in [2.24, 2.45) is 0 Å². The molecule has 0 bridgehead atoms. The van der Waals surface area contributed by atoms with Gasteiger partial charge in [-0.15, -0.1) is 0 Å². The van der Waals surface area contributed by atoms with E-state index in [1.54, 1.807) is 0 Å². The standard InChI is InChI=1S/C13H9F13O5S/c1-2-5(27)31-9(12(22,23)24,29-4-3-8(14,15)13(25,26)32)7(28)30-6(10(16,17)18)11(19,20)21/h2,6,32H,1,3-4H2. The Morgan fingerprint density at radius 1 is 0.875 bits per heavy atom. The van der Waals surface area contributed by atoms with Gasteiger partial charge in [0.1, 0.15) is 0 Å². The van der Waals surface area contributed by atoms with Gasteiger partial charge in [0.2, 0.25) is 0 Å². The van der Waals surface area contributed by atoms with E-state index in [0.717, 1.165) is 0 Å². The predicted octanol–water partition coefficient (Wildman–Crippen LogP) is 4.58. The lowest BCUT2D eigenvalue weighted by atomic mass is 10.2. The first kappa shape index (κ1) is 30.1. The minimum atomic E-state index is -6.57. The first-order chi connectivity index (χ1) is 13.9. The van der Waals surface area contributed by atoms with Gasteiger partial charge in [-0.3, -0.25) is 0 Å². The highest BCUT2D eigenvalue weighted by molar-refractivity contribution is 7.81. The molecule has 5 nitrogen and oxygen atoms in total. The molecule has 1 atom stereocenters. The highest BCUT2D eigenvalue weighted by Gasteiger charge is 2.71. The zero-order chi connectivity index (χ0) is 26.0. The number of rotatable bonds is 9. The quantitative estimate of drug-likeness (QED) is 0.158. The molecule has 1 unspecified atom stereocenters. The Hall–Kier alpha value is -1.92. The fraction of sp³-hybridized carbons (Fsp3) is 0.692. The molecule has 19 heteroatoms. The van der Waals surface area contributed by atoms with Crippen molar-refractivity contribution in [3.63, 3.8) is 0 Å². The maximum Gasteiger partial charge on any atom is 0.468 e. The maximum absolute atomic E-state index is 13.4. The largest absolute Gasteiger partial charge is 0.468 e. The van der Waals surface area contributed by atoms with Crippen molar-refractivity contribution in [1.29, 1.82) is 0 Å². The summed E-state index contributed by atoms with van der Waals surface area (Å²) in [6, 6.07) is 0. The lowest BCUT2D eigenvalue weighted by molar-refractivity contribution is -0.370. The average molecular weight is 524 g/mol. The van der Waals surface area contributed by atoms with Gasteiger partial charge in [-0.2, -0.15) is 57.1 Å². The molecule has 0 fully saturated rings. The third-order valence-electron chi connectivity index (χ3n) is 3.03. The summed E-state index contributed by atoms with van der Waals surface area (Å²) in [6.45, 7) is 0.210. The Morgan fingerprint density at radius 2 is 1.31 bits per heavy atom. The maximum atomic E-state index is 13.4. The smallest absolute Gasteiger partial charge is 0.438 e. The monoisotopic (exact) mass is 524 g/mol. The topological polar surface area (TPSA) is 61.8 Å². The zero-order valence-electron chi connectivity index (χ0n) is 14.7. The summed E-state index contributed by atoms with van der Waals surface area (Å²) in [4.78, 5) is 22.8. The van der Waals surface area contributed by atoms with E-state index in [1.165, 1.54) is 0 Å². The van der Waals surface area contributed by atoms with Crippen LogP contribution < -0.4 is 0 Å². The van der Waals surface area contributed by atoms with Gasteiger partial charge < -0.3 is 14.2 Å². The molecular weight excluding hydrogens is 515 g/mol. The molecule has 0 amide bonds. The SMILES string of the molecule is C=CC(=O)OC(OCCC(F)(F)C(F)(F)S)(C(=O)OC(C(F)(F)F)C(F)(F)F)C(F)(F)F. The van der Waals surface area contributed by atoms with Gasteiger partial charge in [0.05, 0.1) is 6.61 Å².